The van der Waals surface area contributed by atoms with Gasteiger partial charge in [0.1, 0.15) is 0 Å². The van der Waals surface area contributed by atoms with Crippen molar-refractivity contribution < 1.29 is 4.79 Å². The fourth-order valence-corrected chi connectivity index (χ4v) is 2.89. The normalized spacial score (nSPS) is 18.3. The first-order valence-corrected chi connectivity index (χ1v) is 7.33. The molecular weight excluding hydrogens is 236 g/mol. The van der Waals surface area contributed by atoms with Gasteiger partial charge in [0.2, 0.25) is 5.91 Å². The number of carbonyl (C=O) groups excluding carboxylic acids is 1. The van der Waals surface area contributed by atoms with Crippen LogP contribution in [0.15, 0.2) is 24.4 Å². The number of rotatable bonds is 4. The first-order valence-electron chi connectivity index (χ1n) is 7.33. The van der Waals surface area contributed by atoms with E-state index < -0.39 is 0 Å². The monoisotopic (exact) mass is 260 g/mol. The van der Waals surface area contributed by atoms with Crippen molar-refractivity contribution in [3.8, 4) is 0 Å². The molecule has 0 unspecified atom stereocenters. The van der Waals surface area contributed by atoms with Gasteiger partial charge in [-0.3, -0.25) is 9.78 Å². The summed E-state index contributed by atoms with van der Waals surface area (Å²) in [4.78, 5) is 16.4. The lowest BCUT2D eigenvalue weighted by molar-refractivity contribution is -0.124. The molecule has 1 amide bonds. The quantitative estimate of drug-likeness (QED) is 0.904. The van der Waals surface area contributed by atoms with E-state index in [4.69, 9.17) is 0 Å². The van der Waals surface area contributed by atoms with Gasteiger partial charge in [-0.15, -0.1) is 0 Å². The topological polar surface area (TPSA) is 42.0 Å². The van der Waals surface area contributed by atoms with Gasteiger partial charge in [0, 0.05) is 29.8 Å². The Morgan fingerprint density at radius 1 is 1.32 bits per heavy atom. The van der Waals surface area contributed by atoms with Crippen molar-refractivity contribution in [1.82, 2.24) is 10.3 Å². The molecule has 0 aromatic carbocycles. The van der Waals surface area contributed by atoms with Crippen molar-refractivity contribution in [2.45, 2.75) is 51.4 Å². The molecule has 104 valence electrons. The Hall–Kier alpha value is -1.38. The van der Waals surface area contributed by atoms with E-state index in [0.717, 1.165) is 25.1 Å². The zero-order chi connectivity index (χ0) is 13.7. The van der Waals surface area contributed by atoms with Gasteiger partial charge in [-0.2, -0.15) is 0 Å². The molecule has 3 nitrogen and oxygen atoms in total. The van der Waals surface area contributed by atoms with Crippen LogP contribution in [0.4, 0.5) is 0 Å². The lowest BCUT2D eigenvalue weighted by atomic mass is 9.71. The SMILES string of the molecule is CC(C)C(=O)NCC1(c2ccccn2)CCCCC1. The average molecular weight is 260 g/mol. The second kappa shape index (κ2) is 6.18. The lowest BCUT2D eigenvalue weighted by Gasteiger charge is -2.37. The maximum Gasteiger partial charge on any atom is 0.222 e. The Labute approximate surface area is 115 Å². The van der Waals surface area contributed by atoms with Gasteiger partial charge in [-0.25, -0.2) is 0 Å². The van der Waals surface area contributed by atoms with Gasteiger partial charge < -0.3 is 5.32 Å². The fourth-order valence-electron chi connectivity index (χ4n) is 2.89. The molecule has 0 bridgehead atoms. The van der Waals surface area contributed by atoms with E-state index in [9.17, 15) is 4.79 Å². The van der Waals surface area contributed by atoms with Crippen molar-refractivity contribution in [3.05, 3.63) is 30.1 Å². The van der Waals surface area contributed by atoms with Crippen LogP contribution >= 0.6 is 0 Å². The minimum Gasteiger partial charge on any atom is -0.355 e. The highest BCUT2D eigenvalue weighted by Crippen LogP contribution is 2.37. The van der Waals surface area contributed by atoms with E-state index in [0.29, 0.717) is 0 Å². The average Bonchev–Trinajstić information content (AvgIpc) is 2.46. The molecule has 0 aliphatic heterocycles. The van der Waals surface area contributed by atoms with Gasteiger partial charge in [-0.05, 0) is 25.0 Å². The van der Waals surface area contributed by atoms with Gasteiger partial charge in [0.05, 0.1) is 0 Å². The summed E-state index contributed by atoms with van der Waals surface area (Å²) in [6.07, 6.45) is 7.87. The van der Waals surface area contributed by atoms with E-state index in [-0.39, 0.29) is 17.2 Å². The molecule has 1 heterocycles. The summed E-state index contributed by atoms with van der Waals surface area (Å²) in [7, 11) is 0. The summed E-state index contributed by atoms with van der Waals surface area (Å²) >= 11 is 0. The molecule has 19 heavy (non-hydrogen) atoms. The predicted octanol–water partition coefficient (Wildman–Crippen LogP) is 3.06. The second-order valence-corrected chi connectivity index (χ2v) is 5.93. The zero-order valence-electron chi connectivity index (χ0n) is 12.0. The number of hydrogen-bond donors (Lipinski definition) is 1. The molecule has 3 heteroatoms. The van der Waals surface area contributed by atoms with E-state index in [1.165, 1.54) is 19.3 Å². The van der Waals surface area contributed by atoms with Gasteiger partial charge >= 0.3 is 0 Å². The molecule has 1 aromatic heterocycles. The van der Waals surface area contributed by atoms with Crippen molar-refractivity contribution in [1.29, 1.82) is 0 Å². The molecule has 1 saturated carbocycles. The van der Waals surface area contributed by atoms with Crippen LogP contribution in [0, 0.1) is 5.92 Å². The number of aromatic nitrogens is 1. The molecular formula is C16H24N2O. The number of pyridine rings is 1. The minimum absolute atomic E-state index is 0.0457. The lowest BCUT2D eigenvalue weighted by Crippen LogP contribution is -2.43. The largest absolute Gasteiger partial charge is 0.355 e. The predicted molar refractivity (Wildman–Crippen MR) is 76.8 cm³/mol. The van der Waals surface area contributed by atoms with Crippen LogP contribution in [-0.4, -0.2) is 17.4 Å². The Kier molecular flexibility index (Phi) is 4.56. The van der Waals surface area contributed by atoms with E-state index >= 15 is 0 Å². The minimum atomic E-state index is 0.0457. The molecule has 1 aliphatic carbocycles. The first-order chi connectivity index (χ1) is 9.14. The highest BCUT2D eigenvalue weighted by Gasteiger charge is 2.35. The van der Waals surface area contributed by atoms with Gasteiger partial charge in [0.15, 0.2) is 0 Å². The maximum atomic E-state index is 11.8. The Morgan fingerprint density at radius 3 is 2.63 bits per heavy atom. The third kappa shape index (κ3) is 3.34. The fraction of sp³-hybridized carbons (Fsp3) is 0.625. The van der Waals surface area contributed by atoms with Crippen LogP contribution in [-0.2, 0) is 10.2 Å². The smallest absolute Gasteiger partial charge is 0.222 e. The first kappa shape index (κ1) is 14.0. The summed E-state index contributed by atoms with van der Waals surface area (Å²) in [6.45, 7) is 4.59. The van der Waals surface area contributed by atoms with Crippen molar-refractivity contribution in [2.75, 3.05) is 6.54 Å². The van der Waals surface area contributed by atoms with E-state index in [2.05, 4.69) is 16.4 Å². The van der Waals surface area contributed by atoms with E-state index in [1.807, 2.05) is 32.2 Å². The van der Waals surface area contributed by atoms with Crippen LogP contribution in [0.2, 0.25) is 0 Å². The van der Waals surface area contributed by atoms with Crippen LogP contribution in [0.5, 0.6) is 0 Å². The molecule has 1 fully saturated rings. The second-order valence-electron chi connectivity index (χ2n) is 5.93. The standard InChI is InChI=1S/C16H24N2O/c1-13(2)15(19)18-12-16(9-5-3-6-10-16)14-8-4-7-11-17-14/h4,7-8,11,13H,3,5-6,9-10,12H2,1-2H3,(H,18,19). The Balaban J connectivity index is 2.14. The summed E-state index contributed by atoms with van der Waals surface area (Å²) < 4.78 is 0. The number of amides is 1. The Bertz CT molecular complexity index is 408. The molecule has 0 atom stereocenters. The third-order valence-electron chi connectivity index (χ3n) is 4.14. The molecule has 0 radical (unpaired) electrons. The van der Waals surface area contributed by atoms with Crippen LogP contribution in [0.1, 0.15) is 51.6 Å². The van der Waals surface area contributed by atoms with Crippen LogP contribution < -0.4 is 5.32 Å². The molecule has 1 aliphatic rings. The molecule has 0 spiro atoms. The number of carbonyl (C=O) groups is 1. The van der Waals surface area contributed by atoms with Crippen molar-refractivity contribution in [2.24, 2.45) is 5.92 Å². The summed E-state index contributed by atoms with van der Waals surface area (Å²) in [6, 6.07) is 6.10. The number of nitrogens with one attached hydrogen (secondary N) is 1. The van der Waals surface area contributed by atoms with Crippen molar-refractivity contribution >= 4 is 5.91 Å². The van der Waals surface area contributed by atoms with Crippen LogP contribution in [0.3, 0.4) is 0 Å². The molecule has 1 aromatic rings. The molecule has 2 rings (SSSR count). The maximum absolute atomic E-state index is 11.8. The third-order valence-corrected chi connectivity index (χ3v) is 4.14. The van der Waals surface area contributed by atoms with E-state index in [1.54, 1.807) is 0 Å². The van der Waals surface area contributed by atoms with Gasteiger partial charge in [0.25, 0.3) is 0 Å². The number of nitrogens with zero attached hydrogens (tertiary/aromatic N) is 1. The highest BCUT2D eigenvalue weighted by atomic mass is 16.1. The molecule has 0 saturated heterocycles. The molecule has 1 N–H and O–H groups in total. The highest BCUT2D eigenvalue weighted by molar-refractivity contribution is 5.77. The summed E-state index contributed by atoms with van der Waals surface area (Å²) in [5.74, 6) is 0.185. The zero-order valence-corrected chi connectivity index (χ0v) is 12.0. The Morgan fingerprint density at radius 2 is 2.05 bits per heavy atom. The van der Waals surface area contributed by atoms with Crippen molar-refractivity contribution in [3.63, 3.8) is 0 Å². The van der Waals surface area contributed by atoms with Crippen LogP contribution in [0.25, 0.3) is 0 Å². The summed E-state index contributed by atoms with van der Waals surface area (Å²) in [5, 5.41) is 3.11. The number of hydrogen-bond acceptors (Lipinski definition) is 2. The van der Waals surface area contributed by atoms with Gasteiger partial charge in [-0.1, -0.05) is 39.2 Å². The summed E-state index contributed by atoms with van der Waals surface area (Å²) in [5.41, 5.74) is 1.18.